The molecule has 23 heavy (non-hydrogen) atoms. The van der Waals surface area contributed by atoms with Crippen LogP contribution in [0, 0.1) is 11.7 Å². The Bertz CT molecular complexity index is 506. The average Bonchev–Trinajstić information content (AvgIpc) is 2.58. The van der Waals surface area contributed by atoms with Crippen molar-refractivity contribution in [1.82, 2.24) is 10.2 Å². The van der Waals surface area contributed by atoms with E-state index in [1.807, 2.05) is 17.0 Å². The van der Waals surface area contributed by atoms with Gasteiger partial charge in [0.1, 0.15) is 5.82 Å². The van der Waals surface area contributed by atoms with Crippen molar-refractivity contribution in [3.63, 3.8) is 0 Å². The standard InChI is InChI=1S/C18H25FN2O2/c19-16-3-1-14(2-4-16)11-15-5-8-21(9-6-15)18(22)12-17-13-20-7-10-23-17/h1-4,15,17,20H,5-13H2/t17-/m0/s1. The van der Waals surface area contributed by atoms with Gasteiger partial charge < -0.3 is 15.0 Å². The highest BCUT2D eigenvalue weighted by molar-refractivity contribution is 5.76. The maximum absolute atomic E-state index is 12.9. The smallest absolute Gasteiger partial charge is 0.225 e. The molecular weight excluding hydrogens is 295 g/mol. The summed E-state index contributed by atoms with van der Waals surface area (Å²) in [6.07, 6.45) is 3.51. The Labute approximate surface area is 137 Å². The Hall–Kier alpha value is -1.46. The van der Waals surface area contributed by atoms with Crippen molar-refractivity contribution in [2.75, 3.05) is 32.8 Å². The van der Waals surface area contributed by atoms with Crippen LogP contribution in [0.25, 0.3) is 0 Å². The highest BCUT2D eigenvalue weighted by Gasteiger charge is 2.25. The minimum absolute atomic E-state index is 0.0215. The summed E-state index contributed by atoms with van der Waals surface area (Å²) in [6, 6.07) is 6.76. The van der Waals surface area contributed by atoms with E-state index in [1.54, 1.807) is 0 Å². The number of nitrogens with zero attached hydrogens (tertiary/aromatic N) is 1. The van der Waals surface area contributed by atoms with E-state index < -0.39 is 0 Å². The van der Waals surface area contributed by atoms with Crippen molar-refractivity contribution in [2.45, 2.75) is 31.8 Å². The number of hydrogen-bond donors (Lipinski definition) is 1. The van der Waals surface area contributed by atoms with Crippen LogP contribution in [0.1, 0.15) is 24.8 Å². The predicted octanol–water partition coefficient (Wildman–Crippen LogP) is 1.99. The molecule has 2 saturated heterocycles. The Balaban J connectivity index is 1.42. The SMILES string of the molecule is O=C(C[C@H]1CNCCO1)N1CCC(Cc2ccc(F)cc2)CC1. The third kappa shape index (κ3) is 4.75. The summed E-state index contributed by atoms with van der Waals surface area (Å²) in [4.78, 5) is 14.3. The van der Waals surface area contributed by atoms with Gasteiger partial charge in [-0.15, -0.1) is 0 Å². The van der Waals surface area contributed by atoms with E-state index in [1.165, 1.54) is 17.7 Å². The molecule has 2 heterocycles. The Morgan fingerprint density at radius 2 is 2.00 bits per heavy atom. The molecular formula is C18H25FN2O2. The molecule has 1 aromatic carbocycles. The zero-order valence-electron chi connectivity index (χ0n) is 13.5. The molecule has 126 valence electrons. The third-order valence-corrected chi connectivity index (χ3v) is 4.81. The molecule has 0 aromatic heterocycles. The van der Waals surface area contributed by atoms with Crippen LogP contribution in [0.4, 0.5) is 4.39 Å². The number of morpholine rings is 1. The highest BCUT2D eigenvalue weighted by atomic mass is 19.1. The van der Waals surface area contributed by atoms with Crippen molar-refractivity contribution in [1.29, 1.82) is 0 Å². The topological polar surface area (TPSA) is 41.6 Å². The zero-order valence-corrected chi connectivity index (χ0v) is 13.5. The van der Waals surface area contributed by atoms with Crippen LogP contribution >= 0.6 is 0 Å². The molecule has 1 aromatic rings. The van der Waals surface area contributed by atoms with Crippen molar-refractivity contribution >= 4 is 5.91 Å². The van der Waals surface area contributed by atoms with Gasteiger partial charge in [-0.3, -0.25) is 4.79 Å². The maximum atomic E-state index is 12.9. The van der Waals surface area contributed by atoms with Crippen molar-refractivity contribution in [3.05, 3.63) is 35.6 Å². The molecule has 3 rings (SSSR count). The fourth-order valence-electron chi connectivity index (χ4n) is 3.42. The maximum Gasteiger partial charge on any atom is 0.225 e. The van der Waals surface area contributed by atoms with E-state index in [4.69, 9.17) is 4.74 Å². The summed E-state index contributed by atoms with van der Waals surface area (Å²) < 4.78 is 18.5. The first-order valence-corrected chi connectivity index (χ1v) is 8.55. The molecule has 2 aliphatic heterocycles. The second-order valence-electron chi connectivity index (χ2n) is 6.56. The number of piperidine rings is 1. The highest BCUT2D eigenvalue weighted by Crippen LogP contribution is 2.22. The van der Waals surface area contributed by atoms with Gasteiger partial charge in [0.2, 0.25) is 5.91 Å². The number of hydrogen-bond acceptors (Lipinski definition) is 3. The van der Waals surface area contributed by atoms with Gasteiger partial charge in [-0.2, -0.15) is 0 Å². The summed E-state index contributed by atoms with van der Waals surface area (Å²) in [5.41, 5.74) is 1.18. The van der Waals surface area contributed by atoms with Crippen LogP contribution in [-0.4, -0.2) is 49.7 Å². The van der Waals surface area contributed by atoms with Gasteiger partial charge in [0.25, 0.3) is 0 Å². The van der Waals surface area contributed by atoms with Gasteiger partial charge in [-0.1, -0.05) is 12.1 Å². The normalized spacial score (nSPS) is 23.0. The van der Waals surface area contributed by atoms with E-state index in [-0.39, 0.29) is 17.8 Å². The Morgan fingerprint density at radius 1 is 1.26 bits per heavy atom. The lowest BCUT2D eigenvalue weighted by molar-refractivity contribution is -0.136. The number of rotatable bonds is 4. The molecule has 5 heteroatoms. The van der Waals surface area contributed by atoms with Crippen LogP contribution in [0.5, 0.6) is 0 Å². The number of amides is 1. The van der Waals surface area contributed by atoms with E-state index in [9.17, 15) is 9.18 Å². The number of benzene rings is 1. The van der Waals surface area contributed by atoms with Gasteiger partial charge in [0, 0.05) is 26.2 Å². The van der Waals surface area contributed by atoms with E-state index in [2.05, 4.69) is 5.32 Å². The molecule has 2 fully saturated rings. The number of carbonyl (C=O) groups is 1. The first-order chi connectivity index (χ1) is 11.2. The lowest BCUT2D eigenvalue weighted by atomic mass is 9.90. The number of carbonyl (C=O) groups excluding carboxylic acids is 1. The number of likely N-dealkylation sites (tertiary alicyclic amines) is 1. The van der Waals surface area contributed by atoms with Crippen LogP contribution in [0.3, 0.4) is 0 Å². The number of nitrogens with one attached hydrogen (secondary N) is 1. The lowest BCUT2D eigenvalue weighted by Gasteiger charge is -2.33. The van der Waals surface area contributed by atoms with Gasteiger partial charge in [0.15, 0.2) is 0 Å². The zero-order chi connectivity index (χ0) is 16.1. The monoisotopic (exact) mass is 320 g/mol. The summed E-state index contributed by atoms with van der Waals surface area (Å²) in [7, 11) is 0. The Kier molecular flexibility index (Phi) is 5.62. The van der Waals surface area contributed by atoms with E-state index >= 15 is 0 Å². The van der Waals surface area contributed by atoms with Crippen LogP contribution in [0.15, 0.2) is 24.3 Å². The quantitative estimate of drug-likeness (QED) is 0.922. The number of ether oxygens (including phenoxy) is 1. The third-order valence-electron chi connectivity index (χ3n) is 4.81. The van der Waals surface area contributed by atoms with E-state index in [0.717, 1.165) is 45.4 Å². The molecule has 4 nitrogen and oxygen atoms in total. The van der Waals surface area contributed by atoms with Crippen LogP contribution in [-0.2, 0) is 16.0 Å². The summed E-state index contributed by atoms with van der Waals surface area (Å²) in [6.45, 7) is 3.99. The van der Waals surface area contributed by atoms with Gasteiger partial charge >= 0.3 is 0 Å². The largest absolute Gasteiger partial charge is 0.375 e. The molecule has 0 aliphatic carbocycles. The summed E-state index contributed by atoms with van der Waals surface area (Å²) in [5, 5.41) is 3.26. The minimum Gasteiger partial charge on any atom is -0.375 e. The molecule has 1 atom stereocenters. The molecule has 1 N–H and O–H groups in total. The molecule has 0 bridgehead atoms. The fourth-order valence-corrected chi connectivity index (χ4v) is 3.42. The molecule has 2 aliphatic rings. The van der Waals surface area contributed by atoms with Gasteiger partial charge in [0.05, 0.1) is 19.1 Å². The van der Waals surface area contributed by atoms with Crippen molar-refractivity contribution in [2.24, 2.45) is 5.92 Å². The molecule has 0 saturated carbocycles. The van der Waals surface area contributed by atoms with Crippen LogP contribution in [0.2, 0.25) is 0 Å². The first-order valence-electron chi connectivity index (χ1n) is 8.55. The number of halogens is 1. The van der Waals surface area contributed by atoms with Gasteiger partial charge in [-0.05, 0) is 42.9 Å². The minimum atomic E-state index is -0.186. The second-order valence-corrected chi connectivity index (χ2v) is 6.56. The first kappa shape index (κ1) is 16.4. The lowest BCUT2D eigenvalue weighted by Crippen LogP contribution is -2.44. The molecule has 1 amide bonds. The van der Waals surface area contributed by atoms with E-state index in [0.29, 0.717) is 18.9 Å². The molecule has 0 unspecified atom stereocenters. The summed E-state index contributed by atoms with van der Waals surface area (Å²) in [5.74, 6) is 0.602. The predicted molar refractivity (Wildman–Crippen MR) is 86.6 cm³/mol. The fraction of sp³-hybridized carbons (Fsp3) is 0.611. The van der Waals surface area contributed by atoms with Crippen molar-refractivity contribution in [3.8, 4) is 0 Å². The Morgan fingerprint density at radius 3 is 2.65 bits per heavy atom. The molecule has 0 radical (unpaired) electrons. The van der Waals surface area contributed by atoms with Gasteiger partial charge in [-0.25, -0.2) is 4.39 Å². The average molecular weight is 320 g/mol. The summed E-state index contributed by atoms with van der Waals surface area (Å²) >= 11 is 0. The molecule has 0 spiro atoms. The van der Waals surface area contributed by atoms with Crippen LogP contribution < -0.4 is 5.32 Å². The van der Waals surface area contributed by atoms with Crippen molar-refractivity contribution < 1.29 is 13.9 Å². The second kappa shape index (κ2) is 7.88.